The number of carbonyl (C=O) groups excluding carboxylic acids is 1. The predicted octanol–water partition coefficient (Wildman–Crippen LogP) is 5.58. The van der Waals surface area contributed by atoms with E-state index in [2.05, 4.69) is 15.0 Å². The van der Waals surface area contributed by atoms with Crippen molar-refractivity contribution in [2.75, 3.05) is 34.1 Å². The fraction of sp³-hybridized carbons (Fsp3) is 0.355. The lowest BCUT2D eigenvalue weighted by Gasteiger charge is -2.30. The summed E-state index contributed by atoms with van der Waals surface area (Å²) in [6.45, 7) is 0.423. The quantitative estimate of drug-likeness (QED) is 0.203. The summed E-state index contributed by atoms with van der Waals surface area (Å²) in [5, 5.41) is 3.03. The van der Waals surface area contributed by atoms with Crippen molar-refractivity contribution in [3.63, 3.8) is 0 Å². The van der Waals surface area contributed by atoms with Gasteiger partial charge in [-0.25, -0.2) is 0 Å². The standard InChI is InChI=1S/C31H35N3O7S/c1-38-27-15-22(16-28(39-2)30(27)40-3)26-17-25-29(41-26)23(12-13-32-25)19-9-7-10-20(14-19)31(35)33-18-21-8-5-6-11-24(21)34-42(4,36)37/h7,9-10,12-17,21,24H,5-6,8,11,18H2,1-4H3,(H2-,33,34,35,36,37)/p+1. The Balaban J connectivity index is 1.39. The van der Waals surface area contributed by atoms with E-state index in [-0.39, 0.29) is 17.9 Å². The number of benzene rings is 2. The first-order chi connectivity index (χ1) is 20.2. The normalized spacial score (nSPS) is 18.3. The molecule has 1 saturated carbocycles. The summed E-state index contributed by atoms with van der Waals surface area (Å²) in [6, 6.07) is 14.6. The minimum Gasteiger partial charge on any atom is -0.493 e. The van der Waals surface area contributed by atoms with E-state index < -0.39 is 10.4 Å². The van der Waals surface area contributed by atoms with Gasteiger partial charge in [-0.3, -0.25) is 9.78 Å². The van der Waals surface area contributed by atoms with Gasteiger partial charge in [0.05, 0.1) is 27.4 Å². The Morgan fingerprint density at radius 3 is 2.45 bits per heavy atom. The first-order valence-corrected chi connectivity index (χ1v) is 15.7. The molecule has 1 aliphatic carbocycles. The summed E-state index contributed by atoms with van der Waals surface area (Å²) in [5.74, 6) is 1.96. The molecule has 3 atom stereocenters. The second-order valence-corrected chi connectivity index (χ2v) is 12.3. The fourth-order valence-electron chi connectivity index (χ4n) is 5.57. The molecular weight excluding hydrogens is 558 g/mol. The zero-order chi connectivity index (χ0) is 29.9. The molecule has 0 spiro atoms. The third kappa shape index (κ3) is 6.43. The van der Waals surface area contributed by atoms with Gasteiger partial charge in [0.1, 0.15) is 11.3 Å². The minimum atomic E-state index is -3.07. The van der Waals surface area contributed by atoms with Crippen LogP contribution >= 0.6 is 0 Å². The van der Waals surface area contributed by atoms with Crippen molar-refractivity contribution in [2.45, 2.75) is 31.7 Å². The number of nitrogens with zero attached hydrogens (tertiary/aromatic N) is 1. The van der Waals surface area contributed by atoms with E-state index >= 15 is 0 Å². The average Bonchev–Trinajstić information content (AvgIpc) is 3.43. The van der Waals surface area contributed by atoms with Crippen LogP contribution in [0.3, 0.4) is 0 Å². The van der Waals surface area contributed by atoms with Crippen molar-refractivity contribution in [1.29, 1.82) is 0 Å². The Bertz CT molecular complexity index is 1610. The highest BCUT2D eigenvalue weighted by atomic mass is 32.3. The van der Waals surface area contributed by atoms with Crippen molar-refractivity contribution in [3.8, 4) is 39.7 Å². The van der Waals surface area contributed by atoms with Gasteiger partial charge in [-0.2, -0.15) is 4.55 Å². The molecule has 11 heteroatoms. The molecule has 2 aromatic carbocycles. The Kier molecular flexibility index (Phi) is 8.81. The number of hydrogen-bond donors (Lipinski definition) is 3. The number of rotatable bonds is 10. The highest BCUT2D eigenvalue weighted by Crippen LogP contribution is 2.43. The summed E-state index contributed by atoms with van der Waals surface area (Å²) in [4.78, 5) is 17.7. The third-order valence-corrected chi connectivity index (χ3v) is 8.34. The largest absolute Gasteiger partial charge is 0.493 e. The molecule has 1 amide bonds. The lowest BCUT2D eigenvalue weighted by Crippen LogP contribution is -2.47. The van der Waals surface area contributed by atoms with Gasteiger partial charge in [0.25, 0.3) is 16.3 Å². The number of fused-ring (bicyclic) bond motifs is 1. The van der Waals surface area contributed by atoms with Crippen LogP contribution in [0, 0.1) is 5.92 Å². The van der Waals surface area contributed by atoms with Gasteiger partial charge in [0, 0.05) is 35.5 Å². The van der Waals surface area contributed by atoms with Crippen molar-refractivity contribution in [3.05, 3.63) is 60.3 Å². The zero-order valence-electron chi connectivity index (χ0n) is 24.1. The number of methoxy groups -OCH3 is 3. The van der Waals surface area contributed by atoms with E-state index in [9.17, 15) is 13.6 Å². The smallest absolute Gasteiger partial charge is 0.285 e. The molecule has 4 aromatic rings. The SMILES string of the molecule is COc1cc(-c2cc3nccc(-c4cccc(C(=O)NCC5CCCCC5N[S+](C)(=O)O)c4)c3o2)cc(OC)c1OC. The Hall–Kier alpha value is -3.93. The Morgan fingerprint density at radius 1 is 1.02 bits per heavy atom. The topological polar surface area (TPSA) is 132 Å². The molecule has 5 rings (SSSR count). The number of hydrogen-bond acceptors (Lipinski definition) is 7. The molecule has 0 bridgehead atoms. The van der Waals surface area contributed by atoms with E-state index in [4.69, 9.17) is 18.6 Å². The number of furan rings is 1. The summed E-state index contributed by atoms with van der Waals surface area (Å²) in [7, 11) is 1.60. The zero-order valence-corrected chi connectivity index (χ0v) is 25.0. The summed E-state index contributed by atoms with van der Waals surface area (Å²) in [6.07, 6.45) is 6.71. The average molecular weight is 595 g/mol. The fourth-order valence-corrected chi connectivity index (χ4v) is 6.44. The molecule has 0 saturated heterocycles. The highest BCUT2D eigenvalue weighted by molar-refractivity contribution is 7.95. The second-order valence-electron chi connectivity index (χ2n) is 10.5. The molecule has 42 heavy (non-hydrogen) atoms. The van der Waals surface area contributed by atoms with Gasteiger partial charge in [-0.15, -0.1) is 4.72 Å². The molecular formula is C31H36N3O7S+. The van der Waals surface area contributed by atoms with Crippen LogP contribution in [0.1, 0.15) is 36.0 Å². The van der Waals surface area contributed by atoms with Gasteiger partial charge in [-0.05, 0) is 58.9 Å². The maximum Gasteiger partial charge on any atom is 0.285 e. The highest BCUT2D eigenvalue weighted by Gasteiger charge is 2.32. The van der Waals surface area contributed by atoms with Crippen LogP contribution in [0.25, 0.3) is 33.6 Å². The monoisotopic (exact) mass is 594 g/mol. The van der Waals surface area contributed by atoms with Gasteiger partial charge in [0.2, 0.25) is 5.75 Å². The summed E-state index contributed by atoms with van der Waals surface area (Å²) >= 11 is 0. The Morgan fingerprint density at radius 2 is 1.76 bits per heavy atom. The van der Waals surface area contributed by atoms with E-state index in [1.54, 1.807) is 33.6 Å². The number of amides is 1. The lowest BCUT2D eigenvalue weighted by atomic mass is 9.85. The molecule has 2 aromatic heterocycles. The minimum absolute atomic E-state index is 0.0790. The summed E-state index contributed by atoms with van der Waals surface area (Å²) < 4.78 is 47.3. The van der Waals surface area contributed by atoms with Crippen molar-refractivity contribution < 1.29 is 32.2 Å². The summed E-state index contributed by atoms with van der Waals surface area (Å²) in [5.41, 5.74) is 4.10. The second kappa shape index (κ2) is 12.5. The van der Waals surface area contributed by atoms with Crippen LogP contribution in [0.5, 0.6) is 17.2 Å². The van der Waals surface area contributed by atoms with Crippen molar-refractivity contribution in [2.24, 2.45) is 5.92 Å². The van der Waals surface area contributed by atoms with Crippen LogP contribution in [0.2, 0.25) is 0 Å². The number of nitrogens with one attached hydrogen (secondary N) is 2. The molecule has 0 aliphatic heterocycles. The number of ether oxygens (including phenoxy) is 3. The van der Waals surface area contributed by atoms with Crippen LogP contribution in [0.4, 0.5) is 0 Å². The molecule has 222 valence electrons. The van der Waals surface area contributed by atoms with Gasteiger partial charge in [-0.1, -0.05) is 25.0 Å². The van der Waals surface area contributed by atoms with Crippen LogP contribution in [-0.2, 0) is 14.6 Å². The van der Waals surface area contributed by atoms with Crippen molar-refractivity contribution in [1.82, 2.24) is 15.0 Å². The molecule has 3 N–H and O–H groups in total. The van der Waals surface area contributed by atoms with E-state index in [1.807, 2.05) is 42.5 Å². The predicted molar refractivity (Wildman–Crippen MR) is 162 cm³/mol. The molecule has 1 aliphatic rings. The van der Waals surface area contributed by atoms with E-state index in [1.165, 1.54) is 6.26 Å². The number of pyridine rings is 1. The maximum absolute atomic E-state index is 13.2. The molecule has 0 radical (unpaired) electrons. The molecule has 2 heterocycles. The van der Waals surface area contributed by atoms with Crippen LogP contribution < -0.4 is 24.2 Å². The molecule has 1 fully saturated rings. The first kappa shape index (κ1) is 29.6. The number of aromatic nitrogens is 1. The lowest BCUT2D eigenvalue weighted by molar-refractivity contribution is 0.0940. The van der Waals surface area contributed by atoms with Crippen LogP contribution in [-0.4, -0.2) is 55.6 Å². The van der Waals surface area contributed by atoms with E-state index in [0.29, 0.717) is 46.2 Å². The van der Waals surface area contributed by atoms with Crippen LogP contribution in [0.15, 0.2) is 59.1 Å². The third-order valence-electron chi connectivity index (χ3n) is 7.60. The van der Waals surface area contributed by atoms with Gasteiger partial charge < -0.3 is 23.9 Å². The first-order valence-electron chi connectivity index (χ1n) is 13.8. The van der Waals surface area contributed by atoms with E-state index in [0.717, 1.165) is 42.4 Å². The van der Waals surface area contributed by atoms with Gasteiger partial charge >= 0.3 is 0 Å². The van der Waals surface area contributed by atoms with Gasteiger partial charge in [0.15, 0.2) is 23.3 Å². The number of carbonyl (C=O) groups is 1. The molecule has 10 nitrogen and oxygen atoms in total. The van der Waals surface area contributed by atoms with Crippen molar-refractivity contribution >= 4 is 27.4 Å². The Labute approximate surface area is 246 Å². The molecule has 3 unspecified atom stereocenters. The maximum atomic E-state index is 13.2.